The van der Waals surface area contributed by atoms with Crippen LogP contribution in [-0.4, -0.2) is 24.9 Å². The zero-order valence-electron chi connectivity index (χ0n) is 9.15. The van der Waals surface area contributed by atoms with Gasteiger partial charge in [0.1, 0.15) is 0 Å². The highest BCUT2D eigenvalue weighted by atomic mass is 16.5. The summed E-state index contributed by atoms with van der Waals surface area (Å²) in [6, 6.07) is 7.71. The molecular weight excluding hydrogens is 190 g/mol. The predicted molar refractivity (Wildman–Crippen MR) is 60.7 cm³/mol. The molecule has 3 heteroatoms. The van der Waals surface area contributed by atoms with Crippen LogP contribution in [0.3, 0.4) is 0 Å². The quantitative estimate of drug-likeness (QED) is 0.693. The van der Waals surface area contributed by atoms with Gasteiger partial charge in [-0.1, -0.05) is 24.3 Å². The van der Waals surface area contributed by atoms with E-state index in [4.69, 9.17) is 15.6 Å². The summed E-state index contributed by atoms with van der Waals surface area (Å²) in [6.07, 6.45) is 0.919. The summed E-state index contributed by atoms with van der Waals surface area (Å²) in [5, 5.41) is 8.89. The van der Waals surface area contributed by atoms with Crippen LogP contribution in [0.2, 0.25) is 0 Å². The van der Waals surface area contributed by atoms with E-state index in [2.05, 4.69) is 0 Å². The molecule has 0 spiro atoms. The molecule has 84 valence electrons. The third-order valence-electron chi connectivity index (χ3n) is 2.34. The Morgan fingerprint density at radius 3 is 2.53 bits per heavy atom. The number of rotatable bonds is 6. The predicted octanol–water partition coefficient (Wildman–Crippen LogP) is 1.26. The molecule has 1 aromatic rings. The third-order valence-corrected chi connectivity index (χ3v) is 2.34. The highest BCUT2D eigenvalue weighted by molar-refractivity contribution is 5.25. The van der Waals surface area contributed by atoms with Gasteiger partial charge in [-0.2, -0.15) is 0 Å². The maximum atomic E-state index is 8.89. The fourth-order valence-corrected chi connectivity index (χ4v) is 1.37. The van der Waals surface area contributed by atoms with Gasteiger partial charge < -0.3 is 15.6 Å². The lowest BCUT2D eigenvalue weighted by Crippen LogP contribution is -2.14. The number of ether oxygens (including phenoxy) is 1. The molecule has 1 unspecified atom stereocenters. The zero-order valence-corrected chi connectivity index (χ0v) is 9.15. The molecule has 0 aromatic heterocycles. The molecule has 1 rings (SSSR count). The van der Waals surface area contributed by atoms with E-state index in [1.807, 2.05) is 31.2 Å². The number of hydrogen-bond acceptors (Lipinski definition) is 3. The van der Waals surface area contributed by atoms with Crippen molar-refractivity contribution in [2.45, 2.75) is 19.4 Å². The van der Waals surface area contributed by atoms with Crippen LogP contribution in [0, 0.1) is 0 Å². The van der Waals surface area contributed by atoms with Crippen LogP contribution in [0.25, 0.3) is 0 Å². The van der Waals surface area contributed by atoms with E-state index in [1.54, 1.807) is 0 Å². The molecule has 0 saturated carbocycles. The molecule has 0 saturated heterocycles. The van der Waals surface area contributed by atoms with Crippen molar-refractivity contribution < 1.29 is 9.84 Å². The molecule has 0 amide bonds. The topological polar surface area (TPSA) is 55.5 Å². The summed E-state index contributed by atoms with van der Waals surface area (Å²) < 4.78 is 5.27. The maximum Gasteiger partial charge on any atom is 0.0624 e. The van der Waals surface area contributed by atoms with Crippen LogP contribution < -0.4 is 5.73 Å². The van der Waals surface area contributed by atoms with Gasteiger partial charge in [-0.05, 0) is 24.5 Å². The molecule has 0 radical (unpaired) electrons. The van der Waals surface area contributed by atoms with Crippen LogP contribution in [0.15, 0.2) is 24.3 Å². The zero-order chi connectivity index (χ0) is 11.1. The summed E-state index contributed by atoms with van der Waals surface area (Å²) in [5.41, 5.74) is 7.90. The normalized spacial score (nSPS) is 12.7. The van der Waals surface area contributed by atoms with E-state index in [0.29, 0.717) is 0 Å². The first-order chi connectivity index (χ1) is 7.27. The molecule has 0 aliphatic rings. The van der Waals surface area contributed by atoms with E-state index in [1.165, 1.54) is 5.56 Å². The third kappa shape index (κ3) is 4.00. The fraction of sp³-hybridized carbons (Fsp3) is 0.500. The lowest BCUT2D eigenvalue weighted by atomic mass is 10.0. The Balaban J connectivity index is 2.49. The van der Waals surface area contributed by atoms with Crippen molar-refractivity contribution in [1.82, 2.24) is 0 Å². The minimum absolute atomic E-state index is 0.0156. The summed E-state index contributed by atoms with van der Waals surface area (Å²) in [7, 11) is 0. The van der Waals surface area contributed by atoms with E-state index >= 15 is 0 Å². The van der Waals surface area contributed by atoms with Gasteiger partial charge >= 0.3 is 0 Å². The van der Waals surface area contributed by atoms with Crippen molar-refractivity contribution in [2.75, 3.05) is 19.8 Å². The maximum absolute atomic E-state index is 8.89. The summed E-state index contributed by atoms with van der Waals surface area (Å²) in [6.45, 7) is 3.48. The molecule has 0 aliphatic carbocycles. The Hall–Kier alpha value is -0.900. The minimum Gasteiger partial charge on any atom is -0.394 e. The molecule has 15 heavy (non-hydrogen) atoms. The average Bonchev–Trinajstić information content (AvgIpc) is 2.29. The van der Waals surface area contributed by atoms with Gasteiger partial charge in [0.2, 0.25) is 0 Å². The summed E-state index contributed by atoms with van der Waals surface area (Å²) in [5.74, 6) is 0. The van der Waals surface area contributed by atoms with Crippen molar-refractivity contribution >= 4 is 0 Å². The van der Waals surface area contributed by atoms with Crippen LogP contribution in [-0.2, 0) is 11.2 Å². The van der Waals surface area contributed by atoms with Gasteiger partial charge in [-0.25, -0.2) is 0 Å². The van der Waals surface area contributed by atoms with E-state index in [-0.39, 0.29) is 12.6 Å². The molecule has 3 N–H and O–H groups in total. The Labute approximate surface area is 90.9 Å². The van der Waals surface area contributed by atoms with Gasteiger partial charge in [0.15, 0.2) is 0 Å². The number of aliphatic hydroxyl groups excluding tert-OH is 1. The molecule has 1 aromatic carbocycles. The number of aliphatic hydroxyl groups is 1. The lowest BCUT2D eigenvalue weighted by Gasteiger charge is -2.09. The van der Waals surface area contributed by atoms with Gasteiger partial charge in [-0.3, -0.25) is 0 Å². The second-order valence-electron chi connectivity index (χ2n) is 3.48. The van der Waals surface area contributed by atoms with Crippen molar-refractivity contribution in [1.29, 1.82) is 0 Å². The second-order valence-corrected chi connectivity index (χ2v) is 3.48. The van der Waals surface area contributed by atoms with Gasteiger partial charge in [0.25, 0.3) is 0 Å². The molecular formula is C12H19NO2. The van der Waals surface area contributed by atoms with Crippen LogP contribution in [0.4, 0.5) is 0 Å². The number of hydrogen-bond donors (Lipinski definition) is 2. The van der Waals surface area contributed by atoms with Crippen molar-refractivity contribution in [3.63, 3.8) is 0 Å². The Bertz CT molecular complexity index is 271. The van der Waals surface area contributed by atoms with Gasteiger partial charge in [0.05, 0.1) is 19.3 Å². The van der Waals surface area contributed by atoms with E-state index in [0.717, 1.165) is 25.2 Å². The number of benzene rings is 1. The highest BCUT2D eigenvalue weighted by Gasteiger charge is 2.03. The molecule has 1 atom stereocenters. The van der Waals surface area contributed by atoms with Crippen molar-refractivity contribution in [3.05, 3.63) is 35.4 Å². The van der Waals surface area contributed by atoms with E-state index in [9.17, 15) is 0 Å². The minimum atomic E-state index is -0.272. The molecule has 3 nitrogen and oxygen atoms in total. The number of nitrogens with two attached hydrogens (primary N) is 1. The monoisotopic (exact) mass is 209 g/mol. The van der Waals surface area contributed by atoms with E-state index < -0.39 is 0 Å². The smallest absolute Gasteiger partial charge is 0.0624 e. The van der Waals surface area contributed by atoms with Crippen molar-refractivity contribution in [2.24, 2.45) is 5.73 Å². The summed E-state index contributed by atoms with van der Waals surface area (Å²) >= 11 is 0. The molecule has 0 bridgehead atoms. The van der Waals surface area contributed by atoms with Crippen molar-refractivity contribution in [3.8, 4) is 0 Å². The Morgan fingerprint density at radius 2 is 2.00 bits per heavy atom. The summed E-state index contributed by atoms with van der Waals surface area (Å²) in [4.78, 5) is 0. The van der Waals surface area contributed by atoms with Crippen LogP contribution in [0.1, 0.15) is 24.1 Å². The fourth-order valence-electron chi connectivity index (χ4n) is 1.37. The Kier molecular flexibility index (Phi) is 5.32. The van der Waals surface area contributed by atoms with Gasteiger partial charge in [-0.15, -0.1) is 0 Å². The molecule has 0 heterocycles. The first-order valence-electron chi connectivity index (χ1n) is 5.31. The SMILES string of the molecule is CCOCCc1ccc(C(N)CO)cc1. The highest BCUT2D eigenvalue weighted by Crippen LogP contribution is 2.11. The standard InChI is InChI=1S/C12H19NO2/c1-2-15-8-7-10-3-5-11(6-4-10)12(13)9-14/h3-6,12,14H,2,7-9,13H2,1H3. The first kappa shape index (κ1) is 12.2. The van der Waals surface area contributed by atoms with Crippen LogP contribution >= 0.6 is 0 Å². The second kappa shape index (κ2) is 6.56. The van der Waals surface area contributed by atoms with Crippen LogP contribution in [0.5, 0.6) is 0 Å². The molecule has 0 aliphatic heterocycles. The molecule has 0 fully saturated rings. The largest absolute Gasteiger partial charge is 0.394 e. The Morgan fingerprint density at radius 1 is 1.33 bits per heavy atom. The average molecular weight is 209 g/mol. The lowest BCUT2D eigenvalue weighted by molar-refractivity contribution is 0.151. The van der Waals surface area contributed by atoms with Gasteiger partial charge in [0, 0.05) is 6.61 Å². The first-order valence-corrected chi connectivity index (χ1v) is 5.31.